The van der Waals surface area contributed by atoms with Crippen molar-refractivity contribution in [2.45, 2.75) is 17.8 Å². The second kappa shape index (κ2) is 6.22. The molecular formula is C19H16N4OS. The molecule has 0 aliphatic rings. The molecule has 1 amide bonds. The van der Waals surface area contributed by atoms with E-state index >= 15 is 0 Å². The fraction of sp³-hybridized carbons (Fsp3) is 0.105. The number of fused-ring (bicyclic) bond motifs is 3. The first-order valence-electron chi connectivity index (χ1n) is 7.88. The molecule has 4 rings (SSSR count). The van der Waals surface area contributed by atoms with Crippen molar-refractivity contribution in [1.29, 1.82) is 0 Å². The molecule has 4 aromatic rings. The maximum Gasteiger partial charge on any atom is 0.248 e. The molecular weight excluding hydrogens is 332 g/mol. The van der Waals surface area contributed by atoms with Crippen molar-refractivity contribution in [3.63, 3.8) is 0 Å². The summed E-state index contributed by atoms with van der Waals surface area (Å²) >= 11 is 1.59. The number of amides is 1. The molecule has 25 heavy (non-hydrogen) atoms. The summed E-state index contributed by atoms with van der Waals surface area (Å²) in [7, 11) is 0. The summed E-state index contributed by atoms with van der Waals surface area (Å²) in [6, 6.07) is 17.7. The van der Waals surface area contributed by atoms with Gasteiger partial charge in [0.05, 0.1) is 5.52 Å². The SMILES string of the molecule is Cc1cc2nnc(SCc3cccc(C(N)=O)c3)n2c2ccccc12. The topological polar surface area (TPSA) is 73.3 Å². The van der Waals surface area contributed by atoms with Gasteiger partial charge >= 0.3 is 0 Å². The standard InChI is InChI=1S/C19H16N4OS/c1-12-9-17-21-22-19(23(17)16-8-3-2-7-15(12)16)25-11-13-5-4-6-14(10-13)18(20)24/h2-10H,11H2,1H3,(H2,20,24). The number of hydrogen-bond acceptors (Lipinski definition) is 4. The highest BCUT2D eigenvalue weighted by Gasteiger charge is 2.11. The lowest BCUT2D eigenvalue weighted by Crippen LogP contribution is -2.10. The van der Waals surface area contributed by atoms with E-state index in [4.69, 9.17) is 5.73 Å². The molecule has 0 aliphatic heterocycles. The number of hydrogen-bond donors (Lipinski definition) is 1. The Labute approximate surface area is 148 Å². The lowest BCUT2D eigenvalue weighted by Gasteiger charge is -2.07. The van der Waals surface area contributed by atoms with E-state index < -0.39 is 5.91 Å². The van der Waals surface area contributed by atoms with E-state index in [1.54, 1.807) is 17.8 Å². The summed E-state index contributed by atoms with van der Waals surface area (Å²) in [5.41, 5.74) is 10.0. The molecule has 0 fully saturated rings. The highest BCUT2D eigenvalue weighted by molar-refractivity contribution is 7.98. The fourth-order valence-corrected chi connectivity index (χ4v) is 3.83. The minimum atomic E-state index is -0.416. The number of pyridine rings is 1. The predicted octanol–water partition coefficient (Wildman–Crippen LogP) is 3.58. The molecule has 2 aromatic heterocycles. The van der Waals surface area contributed by atoms with Gasteiger partial charge in [0.2, 0.25) is 5.91 Å². The lowest BCUT2D eigenvalue weighted by atomic mass is 10.1. The lowest BCUT2D eigenvalue weighted by molar-refractivity contribution is 0.1000. The molecule has 0 saturated carbocycles. The third-order valence-electron chi connectivity index (χ3n) is 4.15. The first-order chi connectivity index (χ1) is 12.1. The van der Waals surface area contributed by atoms with Crippen molar-refractivity contribution in [3.8, 4) is 0 Å². The Kier molecular flexibility index (Phi) is 3.89. The van der Waals surface area contributed by atoms with Gasteiger partial charge in [0, 0.05) is 16.7 Å². The largest absolute Gasteiger partial charge is 0.366 e. The number of aromatic nitrogens is 3. The zero-order valence-corrected chi connectivity index (χ0v) is 14.5. The van der Waals surface area contributed by atoms with Crippen molar-refractivity contribution in [2.24, 2.45) is 5.73 Å². The Morgan fingerprint density at radius 3 is 2.80 bits per heavy atom. The number of nitrogens with two attached hydrogens (primary N) is 1. The van der Waals surface area contributed by atoms with Crippen molar-refractivity contribution in [2.75, 3.05) is 0 Å². The van der Waals surface area contributed by atoms with E-state index in [-0.39, 0.29) is 0 Å². The predicted molar refractivity (Wildman–Crippen MR) is 99.8 cm³/mol. The Bertz CT molecular complexity index is 1100. The average molecular weight is 348 g/mol. The Hall–Kier alpha value is -2.86. The second-order valence-electron chi connectivity index (χ2n) is 5.87. The zero-order valence-electron chi connectivity index (χ0n) is 13.6. The number of para-hydroxylation sites is 1. The quantitative estimate of drug-likeness (QED) is 0.572. The molecule has 0 saturated heterocycles. The van der Waals surface area contributed by atoms with Crippen molar-refractivity contribution < 1.29 is 4.79 Å². The van der Waals surface area contributed by atoms with Crippen molar-refractivity contribution in [1.82, 2.24) is 14.6 Å². The first kappa shape index (κ1) is 15.7. The van der Waals surface area contributed by atoms with Gasteiger partial charge < -0.3 is 5.73 Å². The molecule has 2 heterocycles. The van der Waals surface area contributed by atoms with Gasteiger partial charge in [-0.1, -0.05) is 42.1 Å². The van der Waals surface area contributed by atoms with Crippen molar-refractivity contribution in [3.05, 3.63) is 71.3 Å². The van der Waals surface area contributed by atoms with Gasteiger partial charge in [-0.25, -0.2) is 0 Å². The van der Waals surface area contributed by atoms with Crippen LogP contribution in [0.15, 0.2) is 59.8 Å². The summed E-state index contributed by atoms with van der Waals surface area (Å²) < 4.78 is 2.07. The summed E-state index contributed by atoms with van der Waals surface area (Å²) in [4.78, 5) is 11.3. The van der Waals surface area contributed by atoms with E-state index in [1.165, 1.54) is 10.9 Å². The van der Waals surface area contributed by atoms with Crippen LogP contribution in [0.3, 0.4) is 0 Å². The second-order valence-corrected chi connectivity index (χ2v) is 6.82. The minimum Gasteiger partial charge on any atom is -0.366 e. The number of nitrogens with zero attached hydrogens (tertiary/aromatic N) is 3. The smallest absolute Gasteiger partial charge is 0.248 e. The van der Waals surface area contributed by atoms with Gasteiger partial charge in [0.15, 0.2) is 10.8 Å². The molecule has 0 unspecified atom stereocenters. The van der Waals surface area contributed by atoms with Crippen molar-refractivity contribution >= 4 is 34.2 Å². The first-order valence-corrected chi connectivity index (χ1v) is 8.87. The normalized spacial score (nSPS) is 11.2. The molecule has 0 aliphatic carbocycles. The Balaban J connectivity index is 1.72. The minimum absolute atomic E-state index is 0.416. The van der Waals surface area contributed by atoms with Crippen LogP contribution < -0.4 is 5.73 Å². The van der Waals surface area contributed by atoms with Crippen LogP contribution in [0.25, 0.3) is 16.6 Å². The van der Waals surface area contributed by atoms with Crippen LogP contribution in [-0.4, -0.2) is 20.5 Å². The molecule has 0 radical (unpaired) electrons. The number of carbonyl (C=O) groups is 1. The average Bonchev–Trinajstić information content (AvgIpc) is 3.03. The molecule has 0 bridgehead atoms. The monoisotopic (exact) mass is 348 g/mol. The summed E-state index contributed by atoms with van der Waals surface area (Å²) in [6.07, 6.45) is 0. The van der Waals surface area contributed by atoms with Gasteiger partial charge in [-0.15, -0.1) is 10.2 Å². The summed E-state index contributed by atoms with van der Waals surface area (Å²) in [6.45, 7) is 2.08. The summed E-state index contributed by atoms with van der Waals surface area (Å²) in [5.74, 6) is 0.269. The Morgan fingerprint density at radius 1 is 1.12 bits per heavy atom. The summed E-state index contributed by atoms with van der Waals surface area (Å²) in [5, 5.41) is 10.7. The van der Waals surface area contributed by atoms with Gasteiger partial charge in [-0.2, -0.15) is 0 Å². The van der Waals surface area contributed by atoms with E-state index in [0.29, 0.717) is 11.3 Å². The van der Waals surface area contributed by atoms with E-state index in [2.05, 4.69) is 33.7 Å². The molecule has 0 atom stereocenters. The van der Waals surface area contributed by atoms with E-state index in [9.17, 15) is 4.79 Å². The van der Waals surface area contributed by atoms with Crippen LogP contribution >= 0.6 is 11.8 Å². The molecule has 2 aromatic carbocycles. The molecule has 2 N–H and O–H groups in total. The third-order valence-corrected chi connectivity index (χ3v) is 5.15. The fourth-order valence-electron chi connectivity index (χ4n) is 2.93. The zero-order chi connectivity index (χ0) is 17.4. The molecule has 6 heteroatoms. The highest BCUT2D eigenvalue weighted by Crippen LogP contribution is 2.27. The van der Waals surface area contributed by atoms with Crippen LogP contribution in [0.5, 0.6) is 0 Å². The number of carbonyl (C=O) groups excluding carboxylic acids is 1. The van der Waals surface area contributed by atoms with Gasteiger partial charge in [0.1, 0.15) is 0 Å². The molecule has 124 valence electrons. The van der Waals surface area contributed by atoms with E-state index in [0.717, 1.165) is 21.9 Å². The number of rotatable bonds is 4. The third kappa shape index (κ3) is 2.85. The van der Waals surface area contributed by atoms with Gasteiger partial charge in [-0.3, -0.25) is 9.20 Å². The maximum absolute atomic E-state index is 11.3. The van der Waals surface area contributed by atoms with Crippen LogP contribution in [-0.2, 0) is 5.75 Å². The Morgan fingerprint density at radius 2 is 1.96 bits per heavy atom. The number of aryl methyl sites for hydroxylation is 1. The molecule has 5 nitrogen and oxygen atoms in total. The molecule has 0 spiro atoms. The number of thioether (sulfide) groups is 1. The number of benzene rings is 2. The van der Waals surface area contributed by atoms with Crippen LogP contribution in [0, 0.1) is 6.92 Å². The highest BCUT2D eigenvalue weighted by atomic mass is 32.2. The van der Waals surface area contributed by atoms with Gasteiger partial charge in [-0.05, 0) is 42.3 Å². The van der Waals surface area contributed by atoms with E-state index in [1.807, 2.05) is 36.4 Å². The van der Waals surface area contributed by atoms with Crippen LogP contribution in [0.2, 0.25) is 0 Å². The van der Waals surface area contributed by atoms with Crippen LogP contribution in [0.1, 0.15) is 21.5 Å². The van der Waals surface area contributed by atoms with Crippen LogP contribution in [0.4, 0.5) is 0 Å². The maximum atomic E-state index is 11.3. The van der Waals surface area contributed by atoms with Gasteiger partial charge in [0.25, 0.3) is 0 Å². The number of primary amides is 1.